The van der Waals surface area contributed by atoms with Gasteiger partial charge in [-0.2, -0.15) is 0 Å². The average molecular weight is 260 g/mol. The summed E-state index contributed by atoms with van der Waals surface area (Å²) in [4.78, 5) is 16.3. The zero-order chi connectivity index (χ0) is 13.8. The molecule has 5 nitrogen and oxygen atoms in total. The number of nitrogens with one attached hydrogen (secondary N) is 1. The first-order chi connectivity index (χ1) is 9.08. The summed E-state index contributed by atoms with van der Waals surface area (Å²) in [5.74, 6) is 0.843. The third kappa shape index (κ3) is 3.32. The Kier molecular flexibility index (Phi) is 4.16. The lowest BCUT2D eigenvalue weighted by Crippen LogP contribution is -2.31. The van der Waals surface area contributed by atoms with E-state index >= 15 is 0 Å². The molecule has 1 atom stereocenters. The molecule has 2 aromatic rings. The van der Waals surface area contributed by atoms with E-state index in [1.807, 2.05) is 42.7 Å². The van der Waals surface area contributed by atoms with Gasteiger partial charge in [-0.3, -0.25) is 4.79 Å². The van der Waals surface area contributed by atoms with Crippen LogP contribution in [0.5, 0.6) is 0 Å². The van der Waals surface area contributed by atoms with Crippen LogP contribution in [0.15, 0.2) is 24.3 Å². The summed E-state index contributed by atoms with van der Waals surface area (Å²) in [6, 6.07) is 7.93. The van der Waals surface area contributed by atoms with Crippen molar-refractivity contribution in [3.63, 3.8) is 0 Å². The molecule has 0 aliphatic heterocycles. The fraction of sp³-hybridized carbons (Fsp3) is 0.429. The maximum Gasteiger partial charge on any atom is 0.240 e. The molecule has 0 aliphatic rings. The Bertz CT molecular complexity index is 574. The molecule has 0 fully saturated rings. The van der Waals surface area contributed by atoms with Gasteiger partial charge in [-0.05, 0) is 32.4 Å². The summed E-state index contributed by atoms with van der Waals surface area (Å²) in [6.45, 7) is 4.75. The smallest absolute Gasteiger partial charge is 0.240 e. The number of amides is 1. The fourth-order valence-electron chi connectivity index (χ4n) is 2.03. The first-order valence-electron chi connectivity index (χ1n) is 6.52. The number of carbonyl (C=O) groups excluding carboxylic acids is 1. The molecule has 3 N–H and O–H groups in total. The summed E-state index contributed by atoms with van der Waals surface area (Å²) in [5.41, 5.74) is 7.55. The Morgan fingerprint density at radius 2 is 2.21 bits per heavy atom. The van der Waals surface area contributed by atoms with Gasteiger partial charge in [0.15, 0.2) is 0 Å². The van der Waals surface area contributed by atoms with Gasteiger partial charge in [-0.15, -0.1) is 0 Å². The van der Waals surface area contributed by atoms with Crippen LogP contribution < -0.4 is 11.1 Å². The van der Waals surface area contributed by atoms with Crippen molar-refractivity contribution < 1.29 is 4.79 Å². The molecule has 0 saturated carbocycles. The first-order valence-corrected chi connectivity index (χ1v) is 6.52. The van der Waals surface area contributed by atoms with Crippen molar-refractivity contribution in [1.82, 2.24) is 14.9 Å². The third-order valence-corrected chi connectivity index (χ3v) is 3.07. The summed E-state index contributed by atoms with van der Waals surface area (Å²) in [7, 11) is 0. The molecule has 0 radical (unpaired) electrons. The van der Waals surface area contributed by atoms with Crippen LogP contribution in [0.4, 0.5) is 0 Å². The number of imidazole rings is 1. The van der Waals surface area contributed by atoms with E-state index in [-0.39, 0.29) is 11.9 Å². The van der Waals surface area contributed by atoms with Gasteiger partial charge in [-0.25, -0.2) is 4.98 Å². The molecule has 102 valence electrons. The van der Waals surface area contributed by atoms with Crippen LogP contribution in [0.25, 0.3) is 11.0 Å². The van der Waals surface area contributed by atoms with E-state index in [9.17, 15) is 4.79 Å². The van der Waals surface area contributed by atoms with Crippen LogP contribution in [-0.2, 0) is 11.3 Å². The summed E-state index contributed by atoms with van der Waals surface area (Å²) < 4.78 is 1.93. The predicted molar refractivity (Wildman–Crippen MR) is 75.7 cm³/mol. The number of nitrogens with zero attached hydrogens (tertiary/aromatic N) is 2. The number of benzene rings is 1. The van der Waals surface area contributed by atoms with Crippen molar-refractivity contribution in [2.75, 3.05) is 6.54 Å². The van der Waals surface area contributed by atoms with Crippen molar-refractivity contribution in [2.24, 2.45) is 5.73 Å². The second kappa shape index (κ2) is 5.84. The zero-order valence-electron chi connectivity index (χ0n) is 11.4. The topological polar surface area (TPSA) is 72.9 Å². The lowest BCUT2D eigenvalue weighted by atomic mass is 10.2. The third-order valence-electron chi connectivity index (χ3n) is 3.07. The second-order valence-electron chi connectivity index (χ2n) is 4.85. The highest BCUT2D eigenvalue weighted by Gasteiger charge is 2.10. The minimum atomic E-state index is -0.00750. The molecule has 1 heterocycles. The van der Waals surface area contributed by atoms with E-state index < -0.39 is 0 Å². The highest BCUT2D eigenvalue weighted by Crippen LogP contribution is 2.14. The molecule has 0 spiro atoms. The Labute approximate surface area is 112 Å². The molecule has 1 aromatic heterocycles. The van der Waals surface area contributed by atoms with Gasteiger partial charge in [0.25, 0.3) is 0 Å². The largest absolute Gasteiger partial charge is 0.354 e. The molecule has 19 heavy (non-hydrogen) atoms. The van der Waals surface area contributed by atoms with Gasteiger partial charge in [0.2, 0.25) is 5.91 Å². The van der Waals surface area contributed by atoms with E-state index in [4.69, 9.17) is 5.73 Å². The Hall–Kier alpha value is -1.88. The Balaban J connectivity index is 2.04. The maximum absolute atomic E-state index is 11.9. The van der Waals surface area contributed by atoms with Gasteiger partial charge in [0, 0.05) is 12.6 Å². The van der Waals surface area contributed by atoms with Crippen molar-refractivity contribution in [1.29, 1.82) is 0 Å². The SMILES string of the molecule is Cc1nc2ccccc2n1CC(=O)NCCC(C)N. The lowest BCUT2D eigenvalue weighted by molar-refractivity contribution is -0.121. The van der Waals surface area contributed by atoms with Crippen LogP contribution in [-0.4, -0.2) is 28.0 Å². The van der Waals surface area contributed by atoms with Crippen LogP contribution in [0.3, 0.4) is 0 Å². The van der Waals surface area contributed by atoms with Crippen molar-refractivity contribution >= 4 is 16.9 Å². The molecule has 0 saturated heterocycles. The van der Waals surface area contributed by atoms with Gasteiger partial charge >= 0.3 is 0 Å². The predicted octanol–water partition coefficient (Wildman–Crippen LogP) is 1.20. The second-order valence-corrected chi connectivity index (χ2v) is 4.85. The van der Waals surface area contributed by atoms with E-state index in [2.05, 4.69) is 10.3 Å². The molecular formula is C14H20N4O. The van der Waals surface area contributed by atoms with Gasteiger partial charge in [-0.1, -0.05) is 12.1 Å². The van der Waals surface area contributed by atoms with E-state index in [1.165, 1.54) is 0 Å². The molecule has 1 unspecified atom stereocenters. The number of nitrogens with two attached hydrogens (primary N) is 1. The summed E-state index contributed by atoms with van der Waals surface area (Å²) >= 11 is 0. The van der Waals surface area contributed by atoms with E-state index in [0.29, 0.717) is 13.1 Å². The highest BCUT2D eigenvalue weighted by atomic mass is 16.1. The minimum Gasteiger partial charge on any atom is -0.354 e. The summed E-state index contributed by atoms with van der Waals surface area (Å²) in [5, 5.41) is 2.88. The van der Waals surface area contributed by atoms with Gasteiger partial charge in [0.1, 0.15) is 12.4 Å². The lowest BCUT2D eigenvalue weighted by Gasteiger charge is -2.09. The highest BCUT2D eigenvalue weighted by molar-refractivity contribution is 5.81. The van der Waals surface area contributed by atoms with Crippen LogP contribution in [0, 0.1) is 6.92 Å². The number of fused-ring (bicyclic) bond motifs is 1. The quantitative estimate of drug-likeness (QED) is 0.848. The number of aromatic nitrogens is 2. The van der Waals surface area contributed by atoms with Crippen molar-refractivity contribution in [3.05, 3.63) is 30.1 Å². The Morgan fingerprint density at radius 1 is 1.47 bits per heavy atom. The van der Waals surface area contributed by atoms with Gasteiger partial charge < -0.3 is 15.6 Å². The van der Waals surface area contributed by atoms with E-state index in [1.54, 1.807) is 0 Å². The van der Waals surface area contributed by atoms with E-state index in [0.717, 1.165) is 23.3 Å². The monoisotopic (exact) mass is 260 g/mol. The number of rotatable bonds is 5. The number of hydrogen-bond acceptors (Lipinski definition) is 3. The van der Waals surface area contributed by atoms with Crippen molar-refractivity contribution in [2.45, 2.75) is 32.9 Å². The van der Waals surface area contributed by atoms with Crippen LogP contribution >= 0.6 is 0 Å². The average Bonchev–Trinajstić information content (AvgIpc) is 2.66. The van der Waals surface area contributed by atoms with Crippen LogP contribution in [0.1, 0.15) is 19.2 Å². The molecule has 1 amide bonds. The molecule has 5 heteroatoms. The molecule has 1 aromatic carbocycles. The normalized spacial score (nSPS) is 12.6. The number of hydrogen-bond donors (Lipinski definition) is 2. The molecular weight excluding hydrogens is 240 g/mol. The standard InChI is InChI=1S/C14H20N4O/c1-10(15)7-8-16-14(19)9-18-11(2)17-12-5-3-4-6-13(12)18/h3-6,10H,7-9,15H2,1-2H3,(H,16,19). The zero-order valence-corrected chi connectivity index (χ0v) is 11.4. The minimum absolute atomic E-state index is 0.00750. The molecule has 0 bridgehead atoms. The Morgan fingerprint density at radius 3 is 2.95 bits per heavy atom. The number of aryl methyl sites for hydroxylation is 1. The fourth-order valence-corrected chi connectivity index (χ4v) is 2.03. The van der Waals surface area contributed by atoms with Gasteiger partial charge in [0.05, 0.1) is 11.0 Å². The first kappa shape index (κ1) is 13.5. The van der Waals surface area contributed by atoms with Crippen molar-refractivity contribution in [3.8, 4) is 0 Å². The molecule has 2 rings (SSSR count). The summed E-state index contributed by atoms with van der Waals surface area (Å²) in [6.07, 6.45) is 0.787. The van der Waals surface area contributed by atoms with Crippen LogP contribution in [0.2, 0.25) is 0 Å². The maximum atomic E-state index is 11.9. The number of para-hydroxylation sites is 2. The molecule has 0 aliphatic carbocycles. The number of carbonyl (C=O) groups is 1.